The summed E-state index contributed by atoms with van der Waals surface area (Å²) in [5.41, 5.74) is 0.798. The number of aromatic nitrogens is 1. The topological polar surface area (TPSA) is 72.5 Å². The Labute approximate surface area is 142 Å². The molecule has 0 radical (unpaired) electrons. The van der Waals surface area contributed by atoms with Gasteiger partial charge in [0.25, 0.3) is 0 Å². The third-order valence-electron chi connectivity index (χ3n) is 3.18. The van der Waals surface area contributed by atoms with Crippen molar-refractivity contribution in [3.63, 3.8) is 0 Å². The summed E-state index contributed by atoms with van der Waals surface area (Å²) in [5.74, 6) is 1.65. The van der Waals surface area contributed by atoms with Gasteiger partial charge in [-0.3, -0.25) is 4.79 Å². The number of carbonyl (C=O) groups excluding carboxylic acids is 1. The highest BCUT2D eigenvalue weighted by atomic mass is 16.5. The first-order valence-corrected chi connectivity index (χ1v) is 7.99. The molecule has 0 spiro atoms. The van der Waals surface area contributed by atoms with Gasteiger partial charge in [0, 0.05) is 18.3 Å². The lowest BCUT2D eigenvalue weighted by Gasteiger charge is -2.14. The maximum atomic E-state index is 11.6. The molecule has 6 nitrogen and oxygen atoms in total. The first kappa shape index (κ1) is 17.7. The normalized spacial score (nSPS) is 10.2. The number of nitrogens with one attached hydrogen (secondary N) is 2. The summed E-state index contributed by atoms with van der Waals surface area (Å²) in [6, 6.07) is 11.2. The first-order chi connectivity index (χ1) is 11.7. The van der Waals surface area contributed by atoms with Crippen LogP contribution in [0, 0.1) is 0 Å². The van der Waals surface area contributed by atoms with Gasteiger partial charge in [0.2, 0.25) is 11.8 Å². The van der Waals surface area contributed by atoms with Crippen LogP contribution in [0.4, 0.5) is 0 Å². The highest BCUT2D eigenvalue weighted by Crippen LogP contribution is 2.31. The summed E-state index contributed by atoms with van der Waals surface area (Å²) in [6.45, 7) is 3.29. The van der Waals surface area contributed by atoms with Crippen molar-refractivity contribution in [2.75, 3.05) is 20.2 Å². The van der Waals surface area contributed by atoms with Gasteiger partial charge in [-0.15, -0.1) is 0 Å². The summed E-state index contributed by atoms with van der Waals surface area (Å²) < 4.78 is 11.6. The minimum Gasteiger partial charge on any atom is -0.490 e. The van der Waals surface area contributed by atoms with Gasteiger partial charge in [0.1, 0.15) is 0 Å². The quantitative estimate of drug-likeness (QED) is 0.739. The van der Waals surface area contributed by atoms with E-state index in [-0.39, 0.29) is 12.5 Å². The number of ether oxygens (including phenoxy) is 2. The van der Waals surface area contributed by atoms with E-state index in [1.165, 1.54) is 0 Å². The van der Waals surface area contributed by atoms with E-state index in [0.29, 0.717) is 30.5 Å². The Kier molecular flexibility index (Phi) is 7.04. The smallest absolute Gasteiger partial charge is 0.234 e. The molecule has 0 aliphatic carbocycles. The van der Waals surface area contributed by atoms with E-state index in [2.05, 4.69) is 15.6 Å². The maximum absolute atomic E-state index is 11.6. The van der Waals surface area contributed by atoms with Crippen LogP contribution < -0.4 is 20.1 Å². The van der Waals surface area contributed by atoms with Gasteiger partial charge in [-0.1, -0.05) is 25.1 Å². The van der Waals surface area contributed by atoms with Crippen LogP contribution in [0.15, 0.2) is 42.6 Å². The molecule has 2 rings (SSSR count). The Hall–Kier alpha value is -2.60. The maximum Gasteiger partial charge on any atom is 0.234 e. The molecule has 0 atom stereocenters. The molecule has 1 amide bonds. The molecular weight excluding hydrogens is 306 g/mol. The lowest BCUT2D eigenvalue weighted by molar-refractivity contribution is -0.120. The minimum atomic E-state index is -0.0843. The second-order valence-corrected chi connectivity index (χ2v) is 5.17. The number of likely N-dealkylation sites (N-methyl/N-ethyl adjacent to an activating group) is 1. The highest BCUT2D eigenvalue weighted by Gasteiger charge is 2.11. The fourth-order valence-electron chi connectivity index (χ4n) is 2.04. The predicted molar refractivity (Wildman–Crippen MR) is 92.3 cm³/mol. The molecule has 6 heteroatoms. The number of hydrogen-bond donors (Lipinski definition) is 2. The van der Waals surface area contributed by atoms with Gasteiger partial charge in [-0.05, 0) is 31.7 Å². The number of benzene rings is 1. The summed E-state index contributed by atoms with van der Waals surface area (Å²) in [6.07, 6.45) is 2.57. The zero-order valence-electron chi connectivity index (χ0n) is 14.0. The number of para-hydroxylation sites is 2. The van der Waals surface area contributed by atoms with Crippen LogP contribution in [0.25, 0.3) is 0 Å². The van der Waals surface area contributed by atoms with Gasteiger partial charge >= 0.3 is 0 Å². The SMILES string of the molecule is CCCOc1ccccc1Oc1ncccc1CNC(=O)CNC. The zero-order chi connectivity index (χ0) is 17.2. The van der Waals surface area contributed by atoms with Crippen LogP contribution in [-0.2, 0) is 11.3 Å². The molecule has 0 saturated heterocycles. The third-order valence-corrected chi connectivity index (χ3v) is 3.18. The highest BCUT2D eigenvalue weighted by molar-refractivity contribution is 5.77. The second kappa shape index (κ2) is 9.52. The van der Waals surface area contributed by atoms with Gasteiger partial charge < -0.3 is 20.1 Å². The Morgan fingerprint density at radius 3 is 2.71 bits per heavy atom. The van der Waals surface area contributed by atoms with E-state index in [4.69, 9.17) is 9.47 Å². The monoisotopic (exact) mass is 329 g/mol. The van der Waals surface area contributed by atoms with Crippen molar-refractivity contribution >= 4 is 5.91 Å². The van der Waals surface area contributed by atoms with Crippen LogP contribution in [0.5, 0.6) is 17.4 Å². The van der Waals surface area contributed by atoms with Crippen LogP contribution >= 0.6 is 0 Å². The largest absolute Gasteiger partial charge is 0.490 e. The number of rotatable bonds is 9. The number of amides is 1. The molecule has 2 aromatic rings. The standard InChI is InChI=1S/C18H23N3O3/c1-3-11-23-15-8-4-5-9-16(15)24-18-14(7-6-10-20-18)12-21-17(22)13-19-2/h4-10,19H,3,11-13H2,1-2H3,(H,21,22). The Balaban J connectivity index is 2.11. The molecule has 0 unspecified atom stereocenters. The van der Waals surface area contributed by atoms with E-state index in [1.807, 2.05) is 43.3 Å². The Bertz CT molecular complexity index is 661. The van der Waals surface area contributed by atoms with Gasteiger partial charge in [-0.2, -0.15) is 0 Å². The van der Waals surface area contributed by atoms with Crippen LogP contribution in [0.1, 0.15) is 18.9 Å². The van der Waals surface area contributed by atoms with Crippen molar-refractivity contribution in [1.82, 2.24) is 15.6 Å². The molecule has 0 bridgehead atoms. The van der Waals surface area contributed by atoms with Crippen molar-refractivity contribution in [2.24, 2.45) is 0 Å². The molecule has 2 N–H and O–H groups in total. The fourth-order valence-corrected chi connectivity index (χ4v) is 2.04. The van der Waals surface area contributed by atoms with E-state index in [0.717, 1.165) is 12.0 Å². The Morgan fingerprint density at radius 2 is 1.96 bits per heavy atom. The molecule has 1 heterocycles. The first-order valence-electron chi connectivity index (χ1n) is 7.99. The molecule has 24 heavy (non-hydrogen) atoms. The average molecular weight is 329 g/mol. The molecule has 1 aromatic carbocycles. The Morgan fingerprint density at radius 1 is 1.17 bits per heavy atom. The third kappa shape index (κ3) is 5.24. The van der Waals surface area contributed by atoms with E-state index in [1.54, 1.807) is 13.2 Å². The van der Waals surface area contributed by atoms with E-state index in [9.17, 15) is 4.79 Å². The molecule has 0 aliphatic rings. The number of pyridine rings is 1. The summed E-state index contributed by atoms with van der Waals surface area (Å²) in [5, 5.41) is 5.63. The van der Waals surface area contributed by atoms with Crippen molar-refractivity contribution < 1.29 is 14.3 Å². The molecule has 0 saturated carbocycles. The number of hydrogen-bond acceptors (Lipinski definition) is 5. The lowest BCUT2D eigenvalue weighted by Crippen LogP contribution is -2.31. The number of nitrogens with zero attached hydrogens (tertiary/aromatic N) is 1. The lowest BCUT2D eigenvalue weighted by atomic mass is 10.2. The molecule has 1 aromatic heterocycles. The van der Waals surface area contributed by atoms with Gasteiger partial charge in [0.15, 0.2) is 11.5 Å². The van der Waals surface area contributed by atoms with E-state index < -0.39 is 0 Å². The van der Waals surface area contributed by atoms with Crippen LogP contribution in [0.2, 0.25) is 0 Å². The van der Waals surface area contributed by atoms with Crippen LogP contribution in [-0.4, -0.2) is 31.1 Å². The summed E-state index contributed by atoms with van der Waals surface area (Å²) in [7, 11) is 1.73. The predicted octanol–water partition coefficient (Wildman–Crippen LogP) is 2.50. The van der Waals surface area contributed by atoms with Crippen molar-refractivity contribution in [2.45, 2.75) is 19.9 Å². The fraction of sp³-hybridized carbons (Fsp3) is 0.333. The summed E-state index contributed by atoms with van der Waals surface area (Å²) >= 11 is 0. The average Bonchev–Trinajstić information content (AvgIpc) is 2.60. The van der Waals surface area contributed by atoms with Crippen molar-refractivity contribution in [1.29, 1.82) is 0 Å². The molecule has 128 valence electrons. The molecular formula is C18H23N3O3. The summed E-state index contributed by atoms with van der Waals surface area (Å²) in [4.78, 5) is 15.9. The van der Waals surface area contributed by atoms with Gasteiger partial charge in [-0.25, -0.2) is 4.98 Å². The van der Waals surface area contributed by atoms with Crippen molar-refractivity contribution in [3.8, 4) is 17.4 Å². The molecule has 0 fully saturated rings. The van der Waals surface area contributed by atoms with Gasteiger partial charge in [0.05, 0.1) is 13.2 Å². The minimum absolute atomic E-state index is 0.0843. The zero-order valence-corrected chi connectivity index (χ0v) is 14.0. The molecule has 0 aliphatic heterocycles. The van der Waals surface area contributed by atoms with E-state index >= 15 is 0 Å². The van der Waals surface area contributed by atoms with Crippen LogP contribution in [0.3, 0.4) is 0 Å². The van der Waals surface area contributed by atoms with Crippen molar-refractivity contribution in [3.05, 3.63) is 48.2 Å². The number of carbonyl (C=O) groups is 1. The second-order valence-electron chi connectivity index (χ2n) is 5.17.